The minimum Gasteiger partial charge on any atom is -0.369 e. The van der Waals surface area contributed by atoms with Crippen molar-refractivity contribution in [3.63, 3.8) is 0 Å². The van der Waals surface area contributed by atoms with E-state index in [0.29, 0.717) is 22.4 Å². The molecule has 0 aliphatic carbocycles. The van der Waals surface area contributed by atoms with Gasteiger partial charge in [-0.2, -0.15) is 5.10 Å². The van der Waals surface area contributed by atoms with Gasteiger partial charge in [0.1, 0.15) is 11.5 Å². The molecule has 0 atom stereocenters. The Balaban J connectivity index is 2.29. The molecule has 3 rings (SSSR count). The first kappa shape index (κ1) is 17.7. The molecule has 0 aliphatic rings. The summed E-state index contributed by atoms with van der Waals surface area (Å²) >= 11 is 0. The van der Waals surface area contributed by atoms with E-state index in [-0.39, 0.29) is 12.0 Å². The van der Waals surface area contributed by atoms with Gasteiger partial charge < -0.3 is 5.73 Å². The van der Waals surface area contributed by atoms with Gasteiger partial charge in [0.2, 0.25) is 5.91 Å². The Morgan fingerprint density at radius 2 is 1.65 bits per heavy atom. The first-order chi connectivity index (χ1) is 12.4. The lowest BCUT2D eigenvalue weighted by atomic mass is 9.94. The second kappa shape index (κ2) is 7.03. The molecule has 1 aromatic heterocycles. The highest BCUT2D eigenvalue weighted by Crippen LogP contribution is 2.37. The number of primary amides is 1. The smallest absolute Gasteiger partial charge is 0.282 e. The SMILES string of the molecule is Cn1nc(C(F)F)c(CC(N)=O)c1-c1ccccc1-c1ccccc1F. The Morgan fingerprint density at radius 1 is 1.08 bits per heavy atom. The topological polar surface area (TPSA) is 60.9 Å². The normalized spacial score (nSPS) is 11.1. The van der Waals surface area contributed by atoms with E-state index in [1.807, 2.05) is 0 Å². The lowest BCUT2D eigenvalue weighted by molar-refractivity contribution is -0.117. The first-order valence-electron chi connectivity index (χ1n) is 7.86. The molecule has 0 radical (unpaired) electrons. The van der Waals surface area contributed by atoms with Gasteiger partial charge >= 0.3 is 0 Å². The second-order valence-electron chi connectivity index (χ2n) is 5.81. The summed E-state index contributed by atoms with van der Waals surface area (Å²) in [4.78, 5) is 11.4. The zero-order chi connectivity index (χ0) is 18.8. The fraction of sp³-hybridized carbons (Fsp3) is 0.158. The quantitative estimate of drug-likeness (QED) is 0.752. The molecule has 0 unspecified atom stereocenters. The van der Waals surface area contributed by atoms with E-state index in [2.05, 4.69) is 5.10 Å². The van der Waals surface area contributed by atoms with Crippen LogP contribution in [0.3, 0.4) is 0 Å². The average molecular weight is 359 g/mol. The van der Waals surface area contributed by atoms with Crippen LogP contribution in [0.5, 0.6) is 0 Å². The van der Waals surface area contributed by atoms with Crippen LogP contribution < -0.4 is 5.73 Å². The highest BCUT2D eigenvalue weighted by molar-refractivity contribution is 5.86. The van der Waals surface area contributed by atoms with Crippen molar-refractivity contribution < 1.29 is 18.0 Å². The molecule has 0 spiro atoms. The summed E-state index contributed by atoms with van der Waals surface area (Å²) in [6.45, 7) is 0. The van der Waals surface area contributed by atoms with Crippen LogP contribution in [0.4, 0.5) is 13.2 Å². The molecule has 0 fully saturated rings. The number of carbonyl (C=O) groups is 1. The van der Waals surface area contributed by atoms with Crippen molar-refractivity contribution in [2.75, 3.05) is 0 Å². The van der Waals surface area contributed by atoms with Gasteiger partial charge in [0, 0.05) is 23.7 Å². The van der Waals surface area contributed by atoms with Crippen LogP contribution in [-0.2, 0) is 18.3 Å². The van der Waals surface area contributed by atoms with E-state index in [0.717, 1.165) is 0 Å². The number of nitrogens with two attached hydrogens (primary N) is 1. The standard InChI is InChI=1S/C19H16F3N3O/c1-25-18(14(10-16(23)26)17(24-25)19(21)22)13-8-3-2-6-11(13)12-7-4-5-9-15(12)20/h2-9,19H,10H2,1H3,(H2,23,26). The van der Waals surface area contributed by atoms with Crippen molar-refractivity contribution in [2.45, 2.75) is 12.8 Å². The summed E-state index contributed by atoms with van der Waals surface area (Å²) in [5, 5.41) is 3.86. The fourth-order valence-electron chi connectivity index (χ4n) is 3.05. The number of carbonyl (C=O) groups excluding carboxylic acids is 1. The van der Waals surface area contributed by atoms with Crippen molar-refractivity contribution in [1.29, 1.82) is 0 Å². The largest absolute Gasteiger partial charge is 0.369 e. The Morgan fingerprint density at radius 3 is 2.23 bits per heavy atom. The molecule has 26 heavy (non-hydrogen) atoms. The number of alkyl halides is 2. The minimum atomic E-state index is -2.86. The van der Waals surface area contributed by atoms with Gasteiger partial charge in [-0.15, -0.1) is 0 Å². The predicted octanol–water partition coefficient (Wildman–Crippen LogP) is 3.86. The van der Waals surface area contributed by atoms with Crippen LogP contribution in [0.2, 0.25) is 0 Å². The Labute approximate surface area is 148 Å². The molecule has 7 heteroatoms. The second-order valence-corrected chi connectivity index (χ2v) is 5.81. The predicted molar refractivity (Wildman–Crippen MR) is 91.9 cm³/mol. The molecule has 0 saturated carbocycles. The third-order valence-corrected chi connectivity index (χ3v) is 4.08. The molecule has 0 aliphatic heterocycles. The molecule has 4 nitrogen and oxygen atoms in total. The van der Waals surface area contributed by atoms with Crippen LogP contribution in [0.1, 0.15) is 17.7 Å². The number of nitrogens with zero attached hydrogens (tertiary/aromatic N) is 2. The minimum absolute atomic E-state index is 0.0544. The molecule has 2 aromatic carbocycles. The lowest BCUT2D eigenvalue weighted by Crippen LogP contribution is -2.15. The van der Waals surface area contributed by atoms with E-state index in [9.17, 15) is 18.0 Å². The number of aromatic nitrogens is 2. The van der Waals surface area contributed by atoms with Crippen molar-refractivity contribution in [3.8, 4) is 22.4 Å². The number of amides is 1. The van der Waals surface area contributed by atoms with Crippen LogP contribution in [0, 0.1) is 5.82 Å². The molecule has 3 aromatic rings. The summed E-state index contributed by atoms with van der Waals surface area (Å²) in [6.07, 6.45) is -3.24. The Hall–Kier alpha value is -3.09. The summed E-state index contributed by atoms with van der Waals surface area (Å²) < 4.78 is 42.3. The van der Waals surface area contributed by atoms with Gasteiger partial charge in [-0.3, -0.25) is 9.48 Å². The molecule has 1 amide bonds. The van der Waals surface area contributed by atoms with Gasteiger partial charge in [-0.25, -0.2) is 13.2 Å². The monoisotopic (exact) mass is 359 g/mol. The Bertz CT molecular complexity index is 966. The van der Waals surface area contributed by atoms with Gasteiger partial charge in [-0.1, -0.05) is 42.5 Å². The number of hydrogen-bond donors (Lipinski definition) is 1. The van der Waals surface area contributed by atoms with Crippen molar-refractivity contribution >= 4 is 5.91 Å². The van der Waals surface area contributed by atoms with Gasteiger partial charge in [-0.05, 0) is 11.6 Å². The van der Waals surface area contributed by atoms with E-state index >= 15 is 0 Å². The summed E-state index contributed by atoms with van der Waals surface area (Å²) in [5.41, 5.74) is 6.46. The van der Waals surface area contributed by atoms with Crippen molar-refractivity contribution in [1.82, 2.24) is 9.78 Å². The first-order valence-corrected chi connectivity index (χ1v) is 7.86. The zero-order valence-corrected chi connectivity index (χ0v) is 13.9. The molecule has 134 valence electrons. The van der Waals surface area contributed by atoms with Gasteiger partial charge in [0.15, 0.2) is 0 Å². The zero-order valence-electron chi connectivity index (χ0n) is 13.9. The van der Waals surface area contributed by atoms with Crippen LogP contribution >= 0.6 is 0 Å². The maximum absolute atomic E-state index is 14.3. The number of aryl methyl sites for hydroxylation is 1. The lowest BCUT2D eigenvalue weighted by Gasteiger charge is -2.13. The van der Waals surface area contributed by atoms with E-state index < -0.39 is 23.8 Å². The molecular weight excluding hydrogens is 343 g/mol. The van der Waals surface area contributed by atoms with E-state index in [1.54, 1.807) is 42.5 Å². The number of benzene rings is 2. The van der Waals surface area contributed by atoms with Crippen molar-refractivity contribution in [3.05, 3.63) is 65.6 Å². The van der Waals surface area contributed by atoms with Crippen LogP contribution in [0.25, 0.3) is 22.4 Å². The number of halogens is 3. The van der Waals surface area contributed by atoms with E-state index in [1.165, 1.54) is 17.8 Å². The molecule has 0 bridgehead atoms. The van der Waals surface area contributed by atoms with Gasteiger partial charge in [0.05, 0.1) is 12.1 Å². The average Bonchev–Trinajstić information content (AvgIpc) is 2.91. The van der Waals surface area contributed by atoms with Crippen LogP contribution in [-0.4, -0.2) is 15.7 Å². The Kier molecular flexibility index (Phi) is 4.79. The van der Waals surface area contributed by atoms with Gasteiger partial charge in [0.25, 0.3) is 6.43 Å². The maximum atomic E-state index is 14.3. The number of hydrogen-bond acceptors (Lipinski definition) is 2. The molecule has 1 heterocycles. The highest BCUT2D eigenvalue weighted by atomic mass is 19.3. The number of rotatable bonds is 5. The maximum Gasteiger partial charge on any atom is 0.282 e. The fourth-order valence-corrected chi connectivity index (χ4v) is 3.05. The van der Waals surface area contributed by atoms with Crippen molar-refractivity contribution in [2.24, 2.45) is 12.8 Å². The van der Waals surface area contributed by atoms with E-state index in [4.69, 9.17) is 5.73 Å². The molecule has 2 N–H and O–H groups in total. The van der Waals surface area contributed by atoms with Crippen LogP contribution in [0.15, 0.2) is 48.5 Å². The summed E-state index contributed by atoms with van der Waals surface area (Å²) in [7, 11) is 1.50. The third kappa shape index (κ3) is 3.20. The highest BCUT2D eigenvalue weighted by Gasteiger charge is 2.26. The summed E-state index contributed by atoms with van der Waals surface area (Å²) in [5.74, 6) is -1.18. The molecule has 0 saturated heterocycles. The third-order valence-electron chi connectivity index (χ3n) is 4.08. The molecular formula is C19H16F3N3O. The summed E-state index contributed by atoms with van der Waals surface area (Å²) in [6, 6.07) is 13.0.